The molecule has 0 bridgehead atoms. The fourth-order valence-electron chi connectivity index (χ4n) is 0.999. The van der Waals surface area contributed by atoms with Gasteiger partial charge in [0.1, 0.15) is 12.2 Å². The molecule has 0 aliphatic rings. The summed E-state index contributed by atoms with van der Waals surface area (Å²) in [6, 6.07) is 0. The molecule has 0 aromatic rings. The first-order valence-electron chi connectivity index (χ1n) is 4.02. The lowest BCUT2D eigenvalue weighted by Gasteiger charge is -2.26. The van der Waals surface area contributed by atoms with Gasteiger partial charge in [0.05, 0.1) is 6.61 Å². The molecule has 0 rings (SSSR count). The average Bonchev–Trinajstić information content (AvgIpc) is 2.22. The Bertz CT molecular complexity index is 195. The molecule has 90 valence electrons. The van der Waals surface area contributed by atoms with E-state index in [1.807, 2.05) is 0 Å². The lowest BCUT2D eigenvalue weighted by Crippen LogP contribution is -2.50. The van der Waals surface area contributed by atoms with E-state index in [1.165, 1.54) is 0 Å². The number of aliphatic carboxylic acids is 1. The van der Waals surface area contributed by atoms with Crippen LogP contribution in [0.25, 0.3) is 0 Å². The molecule has 8 heteroatoms. The Morgan fingerprint density at radius 3 is 2.20 bits per heavy atom. The van der Waals surface area contributed by atoms with E-state index in [0.717, 1.165) is 7.11 Å². The van der Waals surface area contributed by atoms with Crippen molar-refractivity contribution in [2.75, 3.05) is 13.7 Å². The number of ether oxygens (including phenoxy) is 1. The van der Waals surface area contributed by atoms with Crippen molar-refractivity contribution in [1.29, 1.82) is 0 Å². The largest absolute Gasteiger partial charge is 0.479 e. The number of hydrogen-bond acceptors (Lipinski definition) is 7. The third kappa shape index (κ3) is 3.70. The maximum atomic E-state index is 10.6. The molecular weight excluding hydrogens is 212 g/mol. The van der Waals surface area contributed by atoms with Gasteiger partial charge < -0.3 is 25.2 Å². The van der Waals surface area contributed by atoms with Crippen LogP contribution in [0.5, 0.6) is 0 Å². The van der Waals surface area contributed by atoms with Crippen molar-refractivity contribution < 1.29 is 40.1 Å². The van der Waals surface area contributed by atoms with E-state index in [4.69, 9.17) is 20.6 Å². The molecule has 15 heavy (non-hydrogen) atoms. The first kappa shape index (κ1) is 14.2. The first-order chi connectivity index (χ1) is 6.99. The van der Waals surface area contributed by atoms with Crippen LogP contribution in [-0.2, 0) is 14.4 Å². The van der Waals surface area contributed by atoms with Crippen LogP contribution in [0.4, 0.5) is 0 Å². The minimum absolute atomic E-state index is 0.808. The van der Waals surface area contributed by atoms with Crippen molar-refractivity contribution in [2.24, 2.45) is 0 Å². The van der Waals surface area contributed by atoms with Gasteiger partial charge in [-0.15, -0.1) is 0 Å². The number of aliphatic hydroxyl groups excluding tert-OH is 3. The molecule has 0 spiro atoms. The lowest BCUT2D eigenvalue weighted by molar-refractivity contribution is -0.322. The molecule has 5 N–H and O–H groups in total. The standard InChI is InChI=1S/C7H14O8/c1-14-6(7(11)12)5(15-13)4(10)3(9)2-8/h3-6,8-10,13H,2H2,1H3,(H,11,12). The van der Waals surface area contributed by atoms with Gasteiger partial charge in [-0.25, -0.2) is 9.68 Å². The molecule has 0 amide bonds. The maximum absolute atomic E-state index is 10.6. The Morgan fingerprint density at radius 2 is 1.93 bits per heavy atom. The molecule has 0 heterocycles. The molecule has 0 radical (unpaired) electrons. The summed E-state index contributed by atoms with van der Waals surface area (Å²) in [5.41, 5.74) is 0. The highest BCUT2D eigenvalue weighted by Gasteiger charge is 2.38. The smallest absolute Gasteiger partial charge is 0.335 e. The number of methoxy groups -OCH3 is 1. The van der Waals surface area contributed by atoms with Crippen LogP contribution in [0, 0.1) is 0 Å². The summed E-state index contributed by atoms with van der Waals surface area (Å²) in [6.07, 6.45) is -6.79. The zero-order valence-corrected chi connectivity index (χ0v) is 7.98. The Kier molecular flexibility index (Phi) is 6.32. The Labute approximate surface area is 85.2 Å². The van der Waals surface area contributed by atoms with Crippen molar-refractivity contribution in [3.05, 3.63) is 0 Å². The SMILES string of the molecule is COC(C(=O)O)C(OO)C(O)C(O)CO. The van der Waals surface area contributed by atoms with Gasteiger partial charge in [0.25, 0.3) is 0 Å². The third-order valence-electron chi connectivity index (χ3n) is 1.84. The molecule has 0 aromatic carbocycles. The van der Waals surface area contributed by atoms with E-state index in [9.17, 15) is 9.90 Å². The van der Waals surface area contributed by atoms with Gasteiger partial charge >= 0.3 is 5.97 Å². The van der Waals surface area contributed by atoms with Gasteiger partial charge in [-0.2, -0.15) is 0 Å². The summed E-state index contributed by atoms with van der Waals surface area (Å²) in [4.78, 5) is 14.3. The van der Waals surface area contributed by atoms with E-state index in [0.29, 0.717) is 0 Å². The second kappa shape index (κ2) is 6.67. The minimum atomic E-state index is -1.79. The lowest BCUT2D eigenvalue weighted by atomic mass is 10.0. The zero-order chi connectivity index (χ0) is 12.0. The summed E-state index contributed by atoms with van der Waals surface area (Å²) < 4.78 is 4.44. The van der Waals surface area contributed by atoms with E-state index in [1.54, 1.807) is 0 Å². The van der Waals surface area contributed by atoms with Crippen molar-refractivity contribution >= 4 is 5.97 Å². The first-order valence-corrected chi connectivity index (χ1v) is 4.02. The molecule has 0 fully saturated rings. The van der Waals surface area contributed by atoms with Crippen LogP contribution in [0.15, 0.2) is 0 Å². The number of carboxylic acids is 1. The van der Waals surface area contributed by atoms with Gasteiger partial charge in [0.2, 0.25) is 0 Å². The van der Waals surface area contributed by atoms with E-state index in [2.05, 4.69) is 9.62 Å². The van der Waals surface area contributed by atoms with Gasteiger partial charge in [-0.3, -0.25) is 5.26 Å². The van der Waals surface area contributed by atoms with E-state index < -0.39 is 37.0 Å². The molecule has 4 atom stereocenters. The van der Waals surface area contributed by atoms with Gasteiger partial charge in [-0.1, -0.05) is 0 Å². The molecule has 0 saturated carbocycles. The molecule has 4 unspecified atom stereocenters. The summed E-state index contributed by atoms with van der Waals surface area (Å²) in [6.45, 7) is -0.808. The zero-order valence-electron chi connectivity index (χ0n) is 7.98. The average molecular weight is 226 g/mol. The number of rotatable bonds is 7. The summed E-state index contributed by atoms with van der Waals surface area (Å²) in [5.74, 6) is -1.49. The quantitative estimate of drug-likeness (QED) is 0.240. The van der Waals surface area contributed by atoms with Crippen LogP contribution in [0.1, 0.15) is 0 Å². The van der Waals surface area contributed by atoms with Crippen molar-refractivity contribution in [3.63, 3.8) is 0 Å². The molecular formula is C7H14O8. The fraction of sp³-hybridized carbons (Fsp3) is 0.857. The second-order valence-corrected chi connectivity index (χ2v) is 2.81. The monoisotopic (exact) mass is 226 g/mol. The minimum Gasteiger partial charge on any atom is -0.479 e. The predicted octanol–water partition coefficient (Wildman–Crippen LogP) is -2.34. The number of aliphatic hydroxyl groups is 3. The summed E-state index contributed by atoms with van der Waals surface area (Å²) >= 11 is 0. The van der Waals surface area contributed by atoms with E-state index in [-0.39, 0.29) is 0 Å². The molecule has 0 saturated heterocycles. The number of hydrogen-bond donors (Lipinski definition) is 5. The fourth-order valence-corrected chi connectivity index (χ4v) is 0.999. The van der Waals surface area contributed by atoms with Crippen LogP contribution in [-0.4, -0.2) is 69.8 Å². The number of carbonyl (C=O) groups is 1. The Morgan fingerprint density at radius 1 is 1.40 bits per heavy atom. The predicted molar refractivity (Wildman–Crippen MR) is 45.0 cm³/mol. The van der Waals surface area contributed by atoms with Crippen molar-refractivity contribution in [2.45, 2.75) is 24.4 Å². The summed E-state index contributed by atoms with van der Waals surface area (Å²) in [5, 5.41) is 43.8. The Balaban J connectivity index is 4.64. The van der Waals surface area contributed by atoms with Gasteiger partial charge in [0.15, 0.2) is 12.2 Å². The van der Waals surface area contributed by atoms with E-state index >= 15 is 0 Å². The van der Waals surface area contributed by atoms with Crippen molar-refractivity contribution in [1.82, 2.24) is 0 Å². The molecule has 0 aromatic heterocycles. The van der Waals surface area contributed by atoms with Crippen LogP contribution < -0.4 is 0 Å². The van der Waals surface area contributed by atoms with Gasteiger partial charge in [-0.05, 0) is 0 Å². The summed E-state index contributed by atoms with van der Waals surface area (Å²) in [7, 11) is 1.03. The second-order valence-electron chi connectivity index (χ2n) is 2.81. The number of carboxylic acid groups (broad SMARTS) is 1. The topological polar surface area (TPSA) is 137 Å². The van der Waals surface area contributed by atoms with Crippen LogP contribution in [0.3, 0.4) is 0 Å². The van der Waals surface area contributed by atoms with Crippen LogP contribution >= 0.6 is 0 Å². The van der Waals surface area contributed by atoms with Gasteiger partial charge in [0, 0.05) is 7.11 Å². The highest BCUT2D eigenvalue weighted by Crippen LogP contribution is 2.11. The molecule has 0 aliphatic carbocycles. The maximum Gasteiger partial charge on any atom is 0.335 e. The van der Waals surface area contributed by atoms with Crippen LogP contribution in [0.2, 0.25) is 0 Å². The highest BCUT2D eigenvalue weighted by molar-refractivity contribution is 5.73. The molecule has 8 nitrogen and oxygen atoms in total. The highest BCUT2D eigenvalue weighted by atomic mass is 17.1. The normalized spacial score (nSPS) is 19.3. The Hall–Kier alpha value is -0.770. The van der Waals surface area contributed by atoms with Crippen molar-refractivity contribution in [3.8, 4) is 0 Å². The third-order valence-corrected chi connectivity index (χ3v) is 1.84. The molecule has 0 aliphatic heterocycles.